The SMILES string of the molecule is Cc1ccc(CCC(=O)NCCOC(=O)C2CC(c3ccc(Cl)s3)=NO2)cc1. The molecule has 0 radical (unpaired) electrons. The molecule has 6 nitrogen and oxygen atoms in total. The Morgan fingerprint density at radius 2 is 2.07 bits per heavy atom. The number of carbonyl (C=O) groups is 2. The maximum atomic E-state index is 12.1. The minimum absolute atomic E-state index is 0.0751. The number of hydrogen-bond acceptors (Lipinski definition) is 6. The summed E-state index contributed by atoms with van der Waals surface area (Å²) in [5, 5.41) is 6.68. The molecule has 8 heteroatoms. The number of esters is 1. The summed E-state index contributed by atoms with van der Waals surface area (Å²) in [6, 6.07) is 11.7. The van der Waals surface area contributed by atoms with Gasteiger partial charge in [-0.3, -0.25) is 4.79 Å². The van der Waals surface area contributed by atoms with Gasteiger partial charge in [-0.2, -0.15) is 0 Å². The molecule has 0 saturated heterocycles. The summed E-state index contributed by atoms with van der Waals surface area (Å²) >= 11 is 7.29. The molecule has 148 valence electrons. The molecule has 3 rings (SSSR count). The number of carbonyl (C=O) groups excluding carboxylic acids is 2. The van der Waals surface area contributed by atoms with Crippen molar-refractivity contribution >= 4 is 40.5 Å². The van der Waals surface area contributed by atoms with E-state index in [1.54, 1.807) is 6.07 Å². The fourth-order valence-corrected chi connectivity index (χ4v) is 3.69. The van der Waals surface area contributed by atoms with Crippen molar-refractivity contribution in [1.82, 2.24) is 5.32 Å². The molecule has 1 aromatic carbocycles. The van der Waals surface area contributed by atoms with Gasteiger partial charge in [0, 0.05) is 12.8 Å². The molecule has 1 amide bonds. The van der Waals surface area contributed by atoms with Crippen molar-refractivity contribution in [2.45, 2.75) is 32.3 Å². The van der Waals surface area contributed by atoms with Crippen LogP contribution in [0, 0.1) is 6.92 Å². The second-order valence-electron chi connectivity index (χ2n) is 6.44. The molecule has 1 aliphatic heterocycles. The van der Waals surface area contributed by atoms with Crippen LogP contribution in [0.5, 0.6) is 0 Å². The summed E-state index contributed by atoms with van der Waals surface area (Å²) in [6.45, 7) is 2.38. The summed E-state index contributed by atoms with van der Waals surface area (Å²) in [6.07, 6.45) is 0.657. The van der Waals surface area contributed by atoms with Gasteiger partial charge in [0.25, 0.3) is 0 Å². The third-order valence-corrected chi connectivity index (χ3v) is 5.50. The Morgan fingerprint density at radius 1 is 1.29 bits per heavy atom. The number of halogens is 1. The molecule has 0 fully saturated rings. The van der Waals surface area contributed by atoms with Gasteiger partial charge < -0.3 is 14.9 Å². The molecule has 1 aliphatic rings. The summed E-state index contributed by atoms with van der Waals surface area (Å²) in [5.41, 5.74) is 3.00. The highest BCUT2D eigenvalue weighted by molar-refractivity contribution is 7.18. The lowest BCUT2D eigenvalue weighted by Crippen LogP contribution is -2.30. The number of aryl methyl sites for hydroxylation is 2. The van der Waals surface area contributed by atoms with Gasteiger partial charge >= 0.3 is 5.97 Å². The first-order valence-corrected chi connectivity index (χ1v) is 10.2. The Balaban J connectivity index is 1.30. The second-order valence-corrected chi connectivity index (χ2v) is 8.16. The standard InChI is InChI=1S/C20H21ClN2O4S/c1-13-2-4-14(5-3-13)6-9-19(24)22-10-11-26-20(25)16-12-15(23-27-16)17-7-8-18(21)28-17/h2-5,7-8,16H,6,9-12H2,1H3,(H,22,24). The van der Waals surface area contributed by atoms with Crippen LogP contribution >= 0.6 is 22.9 Å². The Morgan fingerprint density at radius 3 is 2.79 bits per heavy atom. The minimum Gasteiger partial charge on any atom is -0.461 e. The summed E-state index contributed by atoms with van der Waals surface area (Å²) < 4.78 is 5.82. The lowest BCUT2D eigenvalue weighted by molar-refractivity contribution is -0.155. The van der Waals surface area contributed by atoms with Gasteiger partial charge in [-0.25, -0.2) is 4.79 Å². The summed E-state index contributed by atoms with van der Waals surface area (Å²) in [5.74, 6) is -0.566. The molecule has 1 N–H and O–H groups in total. The van der Waals surface area contributed by atoms with Gasteiger partial charge in [-0.15, -0.1) is 11.3 Å². The van der Waals surface area contributed by atoms with E-state index < -0.39 is 12.1 Å². The van der Waals surface area contributed by atoms with Gasteiger partial charge in [0.05, 0.1) is 15.8 Å². The number of nitrogens with one attached hydrogen (secondary N) is 1. The van der Waals surface area contributed by atoms with Crippen LogP contribution in [0.3, 0.4) is 0 Å². The topological polar surface area (TPSA) is 77.0 Å². The number of ether oxygens (including phenoxy) is 1. The van der Waals surface area contributed by atoms with E-state index >= 15 is 0 Å². The van der Waals surface area contributed by atoms with Crippen molar-refractivity contribution in [1.29, 1.82) is 0 Å². The maximum absolute atomic E-state index is 12.1. The van der Waals surface area contributed by atoms with E-state index in [9.17, 15) is 9.59 Å². The van der Waals surface area contributed by atoms with Gasteiger partial charge in [0.2, 0.25) is 12.0 Å². The van der Waals surface area contributed by atoms with E-state index in [0.29, 0.717) is 29.3 Å². The molecule has 1 aromatic heterocycles. The zero-order valence-corrected chi connectivity index (χ0v) is 17.0. The highest BCUT2D eigenvalue weighted by Crippen LogP contribution is 2.26. The number of nitrogens with zero attached hydrogens (tertiary/aromatic N) is 1. The highest BCUT2D eigenvalue weighted by atomic mass is 35.5. The molecule has 2 aromatic rings. The van der Waals surface area contributed by atoms with Crippen LogP contribution in [0.2, 0.25) is 4.34 Å². The molecular weight excluding hydrogens is 400 g/mol. The zero-order valence-electron chi connectivity index (χ0n) is 15.4. The predicted octanol–water partition coefficient (Wildman–Crippen LogP) is 3.50. The average molecular weight is 421 g/mol. The van der Waals surface area contributed by atoms with E-state index in [1.165, 1.54) is 16.9 Å². The number of oxime groups is 1. The lowest BCUT2D eigenvalue weighted by Gasteiger charge is -2.09. The molecular formula is C20H21ClN2O4S. The molecule has 0 spiro atoms. The van der Waals surface area contributed by atoms with Crippen LogP contribution in [-0.4, -0.2) is 36.8 Å². The Labute approximate surface area is 172 Å². The zero-order chi connectivity index (χ0) is 19.9. The molecule has 0 bridgehead atoms. The largest absolute Gasteiger partial charge is 0.461 e. The summed E-state index contributed by atoms with van der Waals surface area (Å²) in [7, 11) is 0. The number of amides is 1. The number of benzene rings is 1. The van der Waals surface area contributed by atoms with E-state index in [1.807, 2.05) is 37.3 Å². The van der Waals surface area contributed by atoms with Crippen molar-refractivity contribution in [3.63, 3.8) is 0 Å². The van der Waals surface area contributed by atoms with Gasteiger partial charge in [-0.1, -0.05) is 46.6 Å². The van der Waals surface area contributed by atoms with E-state index in [2.05, 4.69) is 10.5 Å². The molecule has 1 unspecified atom stereocenters. The van der Waals surface area contributed by atoms with Crippen LogP contribution in [0.4, 0.5) is 0 Å². The van der Waals surface area contributed by atoms with Crippen molar-refractivity contribution in [2.24, 2.45) is 5.16 Å². The van der Waals surface area contributed by atoms with Crippen LogP contribution in [0.25, 0.3) is 0 Å². The molecule has 2 heterocycles. The van der Waals surface area contributed by atoms with Crippen molar-refractivity contribution < 1.29 is 19.2 Å². The third-order valence-electron chi connectivity index (χ3n) is 4.22. The Hall–Kier alpha value is -2.38. The molecule has 0 aliphatic carbocycles. The van der Waals surface area contributed by atoms with E-state index in [-0.39, 0.29) is 19.1 Å². The van der Waals surface area contributed by atoms with E-state index in [4.69, 9.17) is 21.2 Å². The van der Waals surface area contributed by atoms with Crippen molar-refractivity contribution in [3.05, 3.63) is 56.7 Å². The Bertz CT molecular complexity index is 863. The van der Waals surface area contributed by atoms with Gasteiger partial charge in [0.1, 0.15) is 12.3 Å². The first-order chi connectivity index (χ1) is 13.5. The number of thiophene rings is 1. The van der Waals surface area contributed by atoms with Crippen LogP contribution in [-0.2, 0) is 25.6 Å². The third kappa shape index (κ3) is 5.81. The number of hydrogen-bond donors (Lipinski definition) is 1. The monoisotopic (exact) mass is 420 g/mol. The molecule has 0 saturated carbocycles. The average Bonchev–Trinajstić information content (AvgIpc) is 3.33. The number of rotatable bonds is 8. The van der Waals surface area contributed by atoms with Crippen LogP contribution in [0.1, 0.15) is 28.8 Å². The first kappa shape index (κ1) is 20.4. The maximum Gasteiger partial charge on any atom is 0.350 e. The second kappa shape index (κ2) is 9.71. The van der Waals surface area contributed by atoms with Crippen LogP contribution in [0.15, 0.2) is 41.6 Å². The first-order valence-electron chi connectivity index (χ1n) is 8.98. The van der Waals surface area contributed by atoms with Gasteiger partial charge in [0.15, 0.2) is 0 Å². The highest BCUT2D eigenvalue weighted by Gasteiger charge is 2.30. The normalized spacial score (nSPS) is 15.6. The fourth-order valence-electron chi connectivity index (χ4n) is 2.65. The lowest BCUT2D eigenvalue weighted by atomic mass is 10.1. The van der Waals surface area contributed by atoms with Crippen molar-refractivity contribution in [2.75, 3.05) is 13.2 Å². The smallest absolute Gasteiger partial charge is 0.350 e. The molecule has 28 heavy (non-hydrogen) atoms. The van der Waals surface area contributed by atoms with Crippen molar-refractivity contribution in [3.8, 4) is 0 Å². The molecule has 1 atom stereocenters. The summed E-state index contributed by atoms with van der Waals surface area (Å²) in [4.78, 5) is 30.0. The fraction of sp³-hybridized carbons (Fsp3) is 0.350. The van der Waals surface area contributed by atoms with Crippen LogP contribution < -0.4 is 5.32 Å². The van der Waals surface area contributed by atoms with E-state index in [0.717, 1.165) is 10.4 Å². The van der Waals surface area contributed by atoms with Gasteiger partial charge in [-0.05, 0) is 31.0 Å². The Kier molecular flexibility index (Phi) is 7.06. The predicted molar refractivity (Wildman–Crippen MR) is 109 cm³/mol. The minimum atomic E-state index is -0.756. The quantitative estimate of drug-likeness (QED) is 0.523.